The third-order valence-electron chi connectivity index (χ3n) is 2.50. The molecule has 0 saturated carbocycles. The predicted octanol–water partition coefficient (Wildman–Crippen LogP) is -3.31. The molecule has 0 aliphatic heterocycles. The van der Waals surface area contributed by atoms with Gasteiger partial charge in [-0.1, -0.05) is 0 Å². The molecule has 0 aliphatic carbocycles. The first kappa shape index (κ1) is 20.1. The van der Waals surface area contributed by atoms with Gasteiger partial charge in [0.05, 0.1) is 6.61 Å². The van der Waals surface area contributed by atoms with Crippen LogP contribution in [0.15, 0.2) is 0 Å². The lowest BCUT2D eigenvalue weighted by atomic mass is 10.0. The van der Waals surface area contributed by atoms with Crippen LogP contribution >= 0.6 is 0 Å². The molecular weight excluding hydrogens is 304 g/mol. The van der Waals surface area contributed by atoms with Gasteiger partial charge in [-0.2, -0.15) is 0 Å². The quantitative estimate of drug-likeness (QED) is 0.192. The Bertz CT molecular complexity index is 418. The summed E-state index contributed by atoms with van der Waals surface area (Å²) in [5.41, 5.74) is 0. The summed E-state index contributed by atoms with van der Waals surface area (Å²) in [6, 6.07) is 0. The third-order valence-corrected chi connectivity index (χ3v) is 2.50. The van der Waals surface area contributed by atoms with Crippen LogP contribution in [0.5, 0.6) is 0 Å². The molecule has 0 amide bonds. The van der Waals surface area contributed by atoms with Gasteiger partial charge in [0, 0.05) is 6.92 Å². The van der Waals surface area contributed by atoms with E-state index in [0.717, 1.165) is 13.8 Å². The number of carbonyl (C=O) groups is 4. The third kappa shape index (κ3) is 5.85. The number of hydrogen-bond donors (Lipinski definition) is 4. The highest BCUT2D eigenvalue weighted by molar-refractivity contribution is 6.32. The van der Waals surface area contributed by atoms with Crippen molar-refractivity contribution in [3.63, 3.8) is 0 Å². The molecule has 0 aliphatic rings. The Hall–Kier alpha value is -1.88. The SMILES string of the molecule is CC(=O)C(=O)O[C@@H]([C@H](O)[C@H](O)CO)[C@H](C=O)OC(=O)C(C)O. The van der Waals surface area contributed by atoms with Gasteiger partial charge in [-0.25, -0.2) is 9.59 Å². The molecule has 0 radical (unpaired) electrons. The molecular formula is C12H18O10. The summed E-state index contributed by atoms with van der Waals surface area (Å²) in [6.07, 6.45) is -9.33. The first-order chi connectivity index (χ1) is 10.1. The van der Waals surface area contributed by atoms with E-state index in [-0.39, 0.29) is 6.29 Å². The zero-order valence-electron chi connectivity index (χ0n) is 11.9. The summed E-state index contributed by atoms with van der Waals surface area (Å²) in [5.74, 6) is -3.78. The van der Waals surface area contributed by atoms with Crippen LogP contribution in [0.1, 0.15) is 13.8 Å². The van der Waals surface area contributed by atoms with E-state index in [4.69, 9.17) is 10.2 Å². The van der Waals surface area contributed by atoms with Gasteiger partial charge in [0.1, 0.15) is 18.3 Å². The van der Waals surface area contributed by atoms with Crippen molar-refractivity contribution < 1.29 is 49.1 Å². The standard InChI is InChI=1S/C12H18O10/c1-5(15)11(19)21-8(4-14)10(9(18)7(17)3-13)22-12(20)6(2)16/h4-5,7-10,13,15,17-18H,3H2,1-2H3/t5?,7-,8+,9-,10-/m1/s1. The molecule has 0 aromatic carbocycles. The first-order valence-electron chi connectivity index (χ1n) is 6.18. The second-order valence-electron chi connectivity index (χ2n) is 4.38. The fourth-order valence-corrected chi connectivity index (χ4v) is 1.27. The maximum absolute atomic E-state index is 11.3. The summed E-state index contributed by atoms with van der Waals surface area (Å²) in [6.45, 7) is 0.941. The monoisotopic (exact) mass is 322 g/mol. The molecule has 0 aromatic rings. The van der Waals surface area contributed by atoms with Gasteiger partial charge in [0.25, 0.3) is 0 Å². The Balaban J connectivity index is 5.32. The second kappa shape index (κ2) is 9.20. The molecule has 0 aromatic heterocycles. The van der Waals surface area contributed by atoms with Gasteiger partial charge >= 0.3 is 11.9 Å². The molecule has 4 N–H and O–H groups in total. The Kier molecular flexibility index (Phi) is 8.42. The van der Waals surface area contributed by atoms with Crippen molar-refractivity contribution in [2.45, 2.75) is 44.4 Å². The van der Waals surface area contributed by atoms with Gasteiger partial charge in [-0.15, -0.1) is 0 Å². The van der Waals surface area contributed by atoms with Crippen LogP contribution in [0.25, 0.3) is 0 Å². The van der Waals surface area contributed by atoms with Crippen molar-refractivity contribution >= 4 is 24.0 Å². The van der Waals surface area contributed by atoms with Crippen molar-refractivity contribution in [2.24, 2.45) is 0 Å². The number of esters is 2. The molecule has 0 rings (SSSR count). The molecule has 0 fully saturated rings. The van der Waals surface area contributed by atoms with Crippen LogP contribution in [0, 0.1) is 0 Å². The van der Waals surface area contributed by atoms with Gasteiger partial charge < -0.3 is 29.9 Å². The molecule has 0 bridgehead atoms. The highest BCUT2D eigenvalue weighted by Crippen LogP contribution is 2.13. The Morgan fingerprint density at radius 2 is 1.68 bits per heavy atom. The minimum Gasteiger partial charge on any atom is -0.449 e. The van der Waals surface area contributed by atoms with Crippen molar-refractivity contribution in [3.05, 3.63) is 0 Å². The number of aliphatic hydroxyl groups excluding tert-OH is 4. The van der Waals surface area contributed by atoms with Gasteiger partial charge in [0.2, 0.25) is 5.78 Å². The fraction of sp³-hybridized carbons (Fsp3) is 0.667. The molecule has 5 atom stereocenters. The van der Waals surface area contributed by atoms with E-state index in [9.17, 15) is 29.4 Å². The zero-order chi connectivity index (χ0) is 17.4. The molecule has 0 heterocycles. The van der Waals surface area contributed by atoms with Crippen LogP contribution in [0.3, 0.4) is 0 Å². The number of carbonyl (C=O) groups excluding carboxylic acids is 4. The lowest BCUT2D eigenvalue weighted by Crippen LogP contribution is -2.51. The van der Waals surface area contributed by atoms with E-state index < -0.39 is 54.8 Å². The van der Waals surface area contributed by atoms with E-state index >= 15 is 0 Å². The maximum Gasteiger partial charge on any atom is 0.374 e. The number of ketones is 1. The van der Waals surface area contributed by atoms with Crippen molar-refractivity contribution in [3.8, 4) is 0 Å². The smallest absolute Gasteiger partial charge is 0.374 e. The summed E-state index contributed by atoms with van der Waals surface area (Å²) in [4.78, 5) is 44.4. The van der Waals surface area contributed by atoms with Crippen LogP contribution < -0.4 is 0 Å². The molecule has 10 nitrogen and oxygen atoms in total. The van der Waals surface area contributed by atoms with Crippen LogP contribution in [0.4, 0.5) is 0 Å². The molecule has 0 spiro atoms. The number of rotatable bonds is 9. The largest absolute Gasteiger partial charge is 0.449 e. The maximum atomic E-state index is 11.3. The first-order valence-corrected chi connectivity index (χ1v) is 6.18. The van der Waals surface area contributed by atoms with E-state index in [1.165, 1.54) is 0 Å². The van der Waals surface area contributed by atoms with Gasteiger partial charge in [-0.05, 0) is 6.92 Å². The highest BCUT2D eigenvalue weighted by Gasteiger charge is 2.39. The number of aldehydes is 1. The molecule has 10 heteroatoms. The van der Waals surface area contributed by atoms with E-state index in [1.54, 1.807) is 0 Å². The molecule has 126 valence electrons. The van der Waals surface area contributed by atoms with E-state index in [0.29, 0.717) is 0 Å². The molecule has 22 heavy (non-hydrogen) atoms. The second-order valence-corrected chi connectivity index (χ2v) is 4.38. The van der Waals surface area contributed by atoms with Crippen LogP contribution in [0.2, 0.25) is 0 Å². The van der Waals surface area contributed by atoms with Crippen molar-refractivity contribution in [1.82, 2.24) is 0 Å². The van der Waals surface area contributed by atoms with Gasteiger partial charge in [-0.3, -0.25) is 9.59 Å². The molecule has 0 saturated heterocycles. The number of Topliss-reactive ketones (excluding diaryl/α,β-unsaturated/α-hetero) is 1. The summed E-state index contributed by atoms with van der Waals surface area (Å²) in [7, 11) is 0. The average molecular weight is 322 g/mol. The Morgan fingerprint density at radius 1 is 1.14 bits per heavy atom. The number of hydrogen-bond acceptors (Lipinski definition) is 10. The highest BCUT2D eigenvalue weighted by atomic mass is 16.6. The average Bonchev–Trinajstić information content (AvgIpc) is 2.48. The normalized spacial score (nSPS) is 17.5. The van der Waals surface area contributed by atoms with E-state index in [1.807, 2.05) is 0 Å². The van der Waals surface area contributed by atoms with Gasteiger partial charge in [0.15, 0.2) is 18.5 Å². The Labute approximate surface area is 125 Å². The number of ether oxygens (including phenoxy) is 2. The van der Waals surface area contributed by atoms with E-state index in [2.05, 4.69) is 9.47 Å². The number of aliphatic hydroxyl groups is 4. The van der Waals surface area contributed by atoms with Crippen LogP contribution in [-0.4, -0.2) is 81.6 Å². The summed E-state index contributed by atoms with van der Waals surface area (Å²) >= 11 is 0. The zero-order valence-corrected chi connectivity index (χ0v) is 11.9. The Morgan fingerprint density at radius 3 is 2.05 bits per heavy atom. The van der Waals surface area contributed by atoms with Crippen molar-refractivity contribution in [2.75, 3.05) is 6.61 Å². The van der Waals surface area contributed by atoms with Crippen LogP contribution in [-0.2, 0) is 28.7 Å². The van der Waals surface area contributed by atoms with Crippen molar-refractivity contribution in [1.29, 1.82) is 0 Å². The fourth-order valence-electron chi connectivity index (χ4n) is 1.27. The minimum absolute atomic E-state index is 0.0221. The predicted molar refractivity (Wildman–Crippen MR) is 67.3 cm³/mol. The topological polar surface area (TPSA) is 168 Å². The lowest BCUT2D eigenvalue weighted by molar-refractivity contribution is -0.188. The summed E-state index contributed by atoms with van der Waals surface area (Å²) < 4.78 is 9.05. The molecule has 1 unspecified atom stereocenters. The minimum atomic E-state index is -2.02. The lowest BCUT2D eigenvalue weighted by Gasteiger charge is -2.29. The summed E-state index contributed by atoms with van der Waals surface area (Å²) in [5, 5.41) is 36.9.